The molecule has 0 saturated carbocycles. The number of hydrogen-bond donors (Lipinski definition) is 2. The van der Waals surface area contributed by atoms with E-state index in [1.54, 1.807) is 20.1 Å². The summed E-state index contributed by atoms with van der Waals surface area (Å²) in [4.78, 5) is 39.8. The van der Waals surface area contributed by atoms with Gasteiger partial charge in [-0.15, -0.1) is 11.3 Å². The lowest BCUT2D eigenvalue weighted by Crippen LogP contribution is -2.43. The van der Waals surface area contributed by atoms with Crippen molar-refractivity contribution in [3.05, 3.63) is 64.4 Å². The summed E-state index contributed by atoms with van der Waals surface area (Å²) in [5.41, 5.74) is -0.584. The van der Waals surface area contributed by atoms with Crippen LogP contribution in [-0.4, -0.2) is 36.4 Å². The second-order valence-electron chi connectivity index (χ2n) is 7.23. The number of hydrogen-bond acceptors (Lipinski definition) is 5. The van der Waals surface area contributed by atoms with Gasteiger partial charge in [0.25, 0.3) is 5.91 Å². The Labute approximate surface area is 177 Å². The van der Waals surface area contributed by atoms with Crippen molar-refractivity contribution >= 4 is 40.0 Å². The first-order valence-corrected chi connectivity index (χ1v) is 10.3. The summed E-state index contributed by atoms with van der Waals surface area (Å²) in [6.45, 7) is 1.70. The van der Waals surface area contributed by atoms with Crippen LogP contribution in [0.4, 0.5) is 4.79 Å². The smallest absolute Gasteiger partial charge is 0.325 e. The average molecular weight is 423 g/mol. The van der Waals surface area contributed by atoms with Crippen LogP contribution in [0.15, 0.2) is 53.9 Å². The van der Waals surface area contributed by atoms with Gasteiger partial charge < -0.3 is 15.4 Å². The second-order valence-corrected chi connectivity index (χ2v) is 8.26. The molecular weight excluding hydrogens is 402 g/mol. The zero-order valence-corrected chi connectivity index (χ0v) is 17.4. The Bertz CT molecular complexity index is 1130. The molecule has 0 unspecified atom stereocenters. The number of fused-ring (bicyclic) bond motifs is 1. The van der Waals surface area contributed by atoms with Gasteiger partial charge in [0.1, 0.15) is 17.8 Å². The Morgan fingerprint density at radius 2 is 1.93 bits per heavy atom. The highest BCUT2D eigenvalue weighted by molar-refractivity contribution is 7.09. The molecule has 0 spiro atoms. The van der Waals surface area contributed by atoms with E-state index in [0.29, 0.717) is 12.1 Å². The molecule has 1 atom stereocenters. The van der Waals surface area contributed by atoms with Gasteiger partial charge in [-0.05, 0) is 52.9 Å². The van der Waals surface area contributed by atoms with Crippen molar-refractivity contribution in [2.75, 3.05) is 13.7 Å². The number of carbonyl (C=O) groups is 3. The summed E-state index contributed by atoms with van der Waals surface area (Å²) >= 11 is 1.53. The summed E-state index contributed by atoms with van der Waals surface area (Å²) in [6.07, 6.45) is 0. The van der Waals surface area contributed by atoms with Crippen LogP contribution >= 0.6 is 11.3 Å². The molecular formula is C22H21N3O4S. The number of nitrogens with one attached hydrogen (secondary N) is 2. The summed E-state index contributed by atoms with van der Waals surface area (Å²) in [7, 11) is 1.61. The first kappa shape index (κ1) is 19.9. The second kappa shape index (κ2) is 7.79. The Kier molecular flexibility index (Phi) is 5.17. The predicted molar refractivity (Wildman–Crippen MR) is 114 cm³/mol. The zero-order valence-electron chi connectivity index (χ0n) is 16.6. The monoisotopic (exact) mass is 423 g/mol. The highest BCUT2D eigenvalue weighted by atomic mass is 32.1. The molecule has 0 bridgehead atoms. The Balaban J connectivity index is 1.51. The van der Waals surface area contributed by atoms with E-state index in [0.717, 1.165) is 26.3 Å². The van der Waals surface area contributed by atoms with Crippen LogP contribution in [0.2, 0.25) is 0 Å². The summed E-state index contributed by atoms with van der Waals surface area (Å²) in [5, 5.41) is 9.29. The summed E-state index contributed by atoms with van der Waals surface area (Å²) in [6, 6.07) is 14.4. The van der Waals surface area contributed by atoms with Crippen LogP contribution in [0.1, 0.15) is 17.4 Å². The number of thiophene rings is 1. The van der Waals surface area contributed by atoms with Crippen LogP contribution in [0, 0.1) is 0 Å². The van der Waals surface area contributed by atoms with Crippen LogP contribution in [-0.2, 0) is 21.7 Å². The molecule has 1 aliphatic rings. The third-order valence-electron chi connectivity index (χ3n) is 5.24. The molecule has 30 heavy (non-hydrogen) atoms. The third-order valence-corrected chi connectivity index (χ3v) is 6.12. The summed E-state index contributed by atoms with van der Waals surface area (Å²) < 4.78 is 5.24. The van der Waals surface area contributed by atoms with Crippen LogP contribution in [0.25, 0.3) is 10.8 Å². The number of benzene rings is 2. The van der Waals surface area contributed by atoms with Crippen molar-refractivity contribution in [3.63, 3.8) is 0 Å². The predicted octanol–water partition coefficient (Wildman–Crippen LogP) is 2.99. The van der Waals surface area contributed by atoms with E-state index in [1.807, 2.05) is 47.8 Å². The molecule has 8 heteroatoms. The molecule has 1 aromatic heterocycles. The maximum atomic E-state index is 13.1. The number of rotatable bonds is 6. The van der Waals surface area contributed by atoms with Crippen molar-refractivity contribution in [3.8, 4) is 5.75 Å². The van der Waals surface area contributed by atoms with Gasteiger partial charge in [-0.3, -0.25) is 14.5 Å². The minimum absolute atomic E-state index is 0.323. The van der Waals surface area contributed by atoms with E-state index < -0.39 is 17.5 Å². The van der Waals surface area contributed by atoms with E-state index in [2.05, 4.69) is 10.6 Å². The quantitative estimate of drug-likeness (QED) is 0.597. The minimum Gasteiger partial charge on any atom is -0.497 e. The Morgan fingerprint density at radius 1 is 1.17 bits per heavy atom. The molecule has 4 amide bonds. The normalized spacial score (nSPS) is 18.5. The molecule has 154 valence electrons. The maximum absolute atomic E-state index is 13.1. The van der Waals surface area contributed by atoms with Crippen molar-refractivity contribution in [1.82, 2.24) is 15.5 Å². The molecule has 2 heterocycles. The molecule has 1 aliphatic heterocycles. The average Bonchev–Trinajstić information content (AvgIpc) is 3.34. The Morgan fingerprint density at radius 3 is 2.67 bits per heavy atom. The highest BCUT2D eigenvalue weighted by Gasteiger charge is 2.49. The first-order valence-electron chi connectivity index (χ1n) is 9.42. The molecule has 1 saturated heterocycles. The fourth-order valence-corrected chi connectivity index (χ4v) is 4.14. The van der Waals surface area contributed by atoms with Gasteiger partial charge in [-0.1, -0.05) is 24.3 Å². The van der Waals surface area contributed by atoms with Crippen molar-refractivity contribution < 1.29 is 19.1 Å². The van der Waals surface area contributed by atoms with Gasteiger partial charge in [0.2, 0.25) is 5.91 Å². The van der Waals surface area contributed by atoms with E-state index in [-0.39, 0.29) is 12.5 Å². The van der Waals surface area contributed by atoms with E-state index in [4.69, 9.17) is 4.74 Å². The third kappa shape index (κ3) is 3.61. The summed E-state index contributed by atoms with van der Waals surface area (Å²) in [5.74, 6) is -0.0974. The maximum Gasteiger partial charge on any atom is 0.325 e. The number of carbonyl (C=O) groups excluding carboxylic acids is 3. The molecule has 2 aromatic carbocycles. The SMILES string of the molecule is COc1ccc2cc([C@@]3(C)NC(=O)N(CC(=O)NCc4cccs4)C3=O)ccc2c1. The first-order chi connectivity index (χ1) is 14.4. The largest absolute Gasteiger partial charge is 0.497 e. The molecule has 7 nitrogen and oxygen atoms in total. The van der Waals surface area contributed by atoms with Gasteiger partial charge in [0, 0.05) is 4.88 Å². The lowest BCUT2D eigenvalue weighted by Gasteiger charge is -2.22. The van der Waals surface area contributed by atoms with Gasteiger partial charge in [-0.25, -0.2) is 4.79 Å². The number of amides is 4. The number of urea groups is 1. The number of nitrogens with zero attached hydrogens (tertiary/aromatic N) is 1. The lowest BCUT2D eigenvalue weighted by atomic mass is 9.90. The molecule has 0 radical (unpaired) electrons. The van der Waals surface area contributed by atoms with Gasteiger partial charge in [-0.2, -0.15) is 0 Å². The number of imide groups is 1. The molecule has 0 aliphatic carbocycles. The van der Waals surface area contributed by atoms with Gasteiger partial charge in [0.15, 0.2) is 0 Å². The standard InChI is InChI=1S/C22H21N3O4S/c1-22(16-7-5-15-11-17(29-2)8-6-14(15)10-16)20(27)25(21(28)24-22)13-19(26)23-12-18-4-3-9-30-18/h3-11H,12-13H2,1-2H3,(H,23,26)(H,24,28)/t22-/m1/s1. The molecule has 3 aromatic rings. The topological polar surface area (TPSA) is 87.7 Å². The number of ether oxygens (including phenoxy) is 1. The van der Waals surface area contributed by atoms with Crippen LogP contribution in [0.3, 0.4) is 0 Å². The minimum atomic E-state index is -1.24. The van der Waals surface area contributed by atoms with Gasteiger partial charge in [0.05, 0.1) is 13.7 Å². The highest BCUT2D eigenvalue weighted by Crippen LogP contribution is 2.32. The van der Waals surface area contributed by atoms with E-state index in [9.17, 15) is 14.4 Å². The van der Waals surface area contributed by atoms with E-state index >= 15 is 0 Å². The number of methoxy groups -OCH3 is 1. The fraction of sp³-hybridized carbons (Fsp3) is 0.227. The van der Waals surface area contributed by atoms with Gasteiger partial charge >= 0.3 is 6.03 Å². The molecule has 2 N–H and O–H groups in total. The van der Waals surface area contributed by atoms with Crippen LogP contribution in [0.5, 0.6) is 5.75 Å². The fourth-order valence-electron chi connectivity index (χ4n) is 3.50. The van der Waals surface area contributed by atoms with Crippen molar-refractivity contribution in [2.45, 2.75) is 19.0 Å². The molecule has 4 rings (SSSR count). The van der Waals surface area contributed by atoms with Crippen molar-refractivity contribution in [2.24, 2.45) is 0 Å². The lowest BCUT2D eigenvalue weighted by molar-refractivity contribution is -0.134. The Hall–Kier alpha value is -3.39. The van der Waals surface area contributed by atoms with E-state index in [1.165, 1.54) is 11.3 Å². The van der Waals surface area contributed by atoms with Crippen molar-refractivity contribution in [1.29, 1.82) is 0 Å². The zero-order chi connectivity index (χ0) is 21.3. The van der Waals surface area contributed by atoms with Crippen LogP contribution < -0.4 is 15.4 Å². The molecule has 1 fully saturated rings.